The highest BCUT2D eigenvalue weighted by Gasteiger charge is 2.20. The van der Waals surface area contributed by atoms with Gasteiger partial charge in [-0.25, -0.2) is 0 Å². The van der Waals surface area contributed by atoms with Crippen molar-refractivity contribution in [2.75, 3.05) is 0 Å². The van der Waals surface area contributed by atoms with Gasteiger partial charge in [-0.3, -0.25) is 0 Å². The van der Waals surface area contributed by atoms with Gasteiger partial charge in [-0.2, -0.15) is 0 Å². The Morgan fingerprint density at radius 1 is 1.11 bits per heavy atom. The fourth-order valence-corrected chi connectivity index (χ4v) is 2.92. The number of nitrogens with one attached hydrogen (secondary N) is 1. The number of hydrogen-bond donors (Lipinski definition) is 1. The Morgan fingerprint density at radius 3 is 2.58 bits per heavy atom. The van der Waals surface area contributed by atoms with Crippen LogP contribution in [-0.4, -0.2) is 6.04 Å². The molecule has 0 saturated heterocycles. The topological polar surface area (TPSA) is 12.0 Å². The first-order chi connectivity index (χ1) is 9.24. The molecule has 98 valence electrons. The van der Waals surface area contributed by atoms with Crippen LogP contribution in [0.2, 0.25) is 5.02 Å². The van der Waals surface area contributed by atoms with E-state index in [1.54, 1.807) is 0 Å². The minimum atomic E-state index is 0.724. The van der Waals surface area contributed by atoms with Gasteiger partial charge < -0.3 is 5.32 Å². The first kappa shape index (κ1) is 13.2. The third kappa shape index (κ3) is 3.19. The summed E-state index contributed by atoms with van der Waals surface area (Å²) in [4.78, 5) is 0. The van der Waals surface area contributed by atoms with Gasteiger partial charge >= 0.3 is 0 Å². The van der Waals surface area contributed by atoms with Gasteiger partial charge in [0.1, 0.15) is 0 Å². The number of halogens is 2. The molecule has 1 aliphatic rings. The SMILES string of the molecule is Clc1cc(CNC2CC2)ccc1-c1ccccc1Br. The molecule has 0 aromatic heterocycles. The Labute approximate surface area is 127 Å². The fourth-order valence-electron chi connectivity index (χ4n) is 2.12. The van der Waals surface area contributed by atoms with E-state index in [0.717, 1.165) is 33.2 Å². The van der Waals surface area contributed by atoms with E-state index in [-0.39, 0.29) is 0 Å². The van der Waals surface area contributed by atoms with Crippen LogP contribution in [0, 0.1) is 0 Å². The summed E-state index contributed by atoms with van der Waals surface area (Å²) in [6.45, 7) is 0.903. The summed E-state index contributed by atoms with van der Waals surface area (Å²) in [6.07, 6.45) is 2.62. The van der Waals surface area contributed by atoms with Gasteiger partial charge in [0.05, 0.1) is 0 Å². The maximum Gasteiger partial charge on any atom is 0.0488 e. The standard InChI is InChI=1S/C16H15BrClN/c17-15-4-2-1-3-13(15)14-8-5-11(9-16(14)18)10-19-12-6-7-12/h1-5,8-9,12,19H,6-7,10H2. The quantitative estimate of drug-likeness (QED) is 0.826. The van der Waals surface area contributed by atoms with E-state index in [1.807, 2.05) is 18.2 Å². The van der Waals surface area contributed by atoms with Gasteiger partial charge in [-0.1, -0.05) is 57.9 Å². The largest absolute Gasteiger partial charge is 0.310 e. The zero-order valence-corrected chi connectivity index (χ0v) is 12.8. The van der Waals surface area contributed by atoms with Crippen LogP contribution < -0.4 is 5.32 Å². The zero-order chi connectivity index (χ0) is 13.2. The van der Waals surface area contributed by atoms with E-state index in [1.165, 1.54) is 18.4 Å². The molecule has 19 heavy (non-hydrogen) atoms. The minimum Gasteiger partial charge on any atom is -0.310 e. The first-order valence-corrected chi connectivity index (χ1v) is 7.68. The molecular formula is C16H15BrClN. The molecule has 0 atom stereocenters. The van der Waals surface area contributed by atoms with Crippen molar-refractivity contribution in [3.8, 4) is 11.1 Å². The predicted molar refractivity (Wildman–Crippen MR) is 84.4 cm³/mol. The molecule has 0 spiro atoms. The van der Waals surface area contributed by atoms with E-state index >= 15 is 0 Å². The Hall–Kier alpha value is -0.830. The maximum atomic E-state index is 6.42. The minimum absolute atomic E-state index is 0.724. The van der Waals surface area contributed by atoms with Gasteiger partial charge in [0.15, 0.2) is 0 Å². The number of benzene rings is 2. The molecule has 1 fully saturated rings. The molecule has 1 nitrogen and oxygen atoms in total. The van der Waals surface area contributed by atoms with Crippen molar-refractivity contribution in [1.82, 2.24) is 5.32 Å². The Balaban J connectivity index is 1.84. The summed E-state index contributed by atoms with van der Waals surface area (Å²) >= 11 is 9.99. The molecule has 0 bridgehead atoms. The summed E-state index contributed by atoms with van der Waals surface area (Å²) in [5.41, 5.74) is 3.45. The molecule has 1 aliphatic carbocycles. The van der Waals surface area contributed by atoms with Gasteiger partial charge in [0, 0.05) is 27.6 Å². The third-order valence-corrected chi connectivity index (χ3v) is 4.37. The second kappa shape index (κ2) is 5.66. The van der Waals surface area contributed by atoms with Crippen LogP contribution in [0.4, 0.5) is 0 Å². The molecule has 0 radical (unpaired) electrons. The monoisotopic (exact) mass is 335 g/mol. The summed E-state index contributed by atoms with van der Waals surface area (Å²) < 4.78 is 1.07. The lowest BCUT2D eigenvalue weighted by molar-refractivity contribution is 0.688. The van der Waals surface area contributed by atoms with Gasteiger partial charge in [0.2, 0.25) is 0 Å². The highest BCUT2D eigenvalue weighted by molar-refractivity contribution is 9.10. The van der Waals surface area contributed by atoms with Crippen LogP contribution in [0.3, 0.4) is 0 Å². The Kier molecular flexibility index (Phi) is 3.92. The van der Waals surface area contributed by atoms with Gasteiger partial charge in [0.25, 0.3) is 0 Å². The Morgan fingerprint density at radius 2 is 1.89 bits per heavy atom. The molecule has 2 aromatic carbocycles. The van der Waals surface area contributed by atoms with Crippen LogP contribution in [-0.2, 0) is 6.54 Å². The molecule has 0 aliphatic heterocycles. The smallest absolute Gasteiger partial charge is 0.0488 e. The van der Waals surface area contributed by atoms with E-state index < -0.39 is 0 Å². The van der Waals surface area contributed by atoms with Crippen LogP contribution in [0.15, 0.2) is 46.9 Å². The second-order valence-electron chi connectivity index (χ2n) is 4.95. The Bertz CT molecular complexity index is 593. The summed E-state index contributed by atoms with van der Waals surface area (Å²) in [7, 11) is 0. The molecule has 3 rings (SSSR count). The van der Waals surface area contributed by atoms with Crippen LogP contribution in [0.1, 0.15) is 18.4 Å². The molecule has 3 heteroatoms. The maximum absolute atomic E-state index is 6.42. The van der Waals surface area contributed by atoms with E-state index in [4.69, 9.17) is 11.6 Å². The van der Waals surface area contributed by atoms with Gasteiger partial charge in [-0.15, -0.1) is 0 Å². The molecule has 1 saturated carbocycles. The van der Waals surface area contributed by atoms with E-state index in [2.05, 4.69) is 45.5 Å². The van der Waals surface area contributed by atoms with Crippen molar-refractivity contribution in [2.24, 2.45) is 0 Å². The second-order valence-corrected chi connectivity index (χ2v) is 6.21. The van der Waals surface area contributed by atoms with Crippen molar-refractivity contribution in [3.63, 3.8) is 0 Å². The number of rotatable bonds is 4. The predicted octanol–water partition coefficient (Wildman–Crippen LogP) is 5.02. The molecule has 0 amide bonds. The van der Waals surface area contributed by atoms with Crippen molar-refractivity contribution < 1.29 is 0 Å². The lowest BCUT2D eigenvalue weighted by Gasteiger charge is -2.09. The third-order valence-electron chi connectivity index (χ3n) is 3.37. The van der Waals surface area contributed by atoms with Crippen LogP contribution >= 0.6 is 27.5 Å². The van der Waals surface area contributed by atoms with E-state index in [0.29, 0.717) is 0 Å². The van der Waals surface area contributed by atoms with Crippen molar-refractivity contribution in [2.45, 2.75) is 25.4 Å². The zero-order valence-electron chi connectivity index (χ0n) is 10.5. The van der Waals surface area contributed by atoms with Crippen LogP contribution in [0.25, 0.3) is 11.1 Å². The normalized spacial score (nSPS) is 14.6. The molecule has 0 unspecified atom stereocenters. The first-order valence-electron chi connectivity index (χ1n) is 6.51. The lowest BCUT2D eigenvalue weighted by Crippen LogP contribution is -2.15. The summed E-state index contributed by atoms with van der Waals surface area (Å²) in [5.74, 6) is 0. The highest BCUT2D eigenvalue weighted by Crippen LogP contribution is 2.33. The average Bonchev–Trinajstić information content (AvgIpc) is 3.22. The van der Waals surface area contributed by atoms with E-state index in [9.17, 15) is 0 Å². The van der Waals surface area contributed by atoms with Crippen molar-refractivity contribution in [1.29, 1.82) is 0 Å². The summed E-state index contributed by atoms with van der Waals surface area (Å²) in [5, 5.41) is 4.31. The molecule has 1 N–H and O–H groups in total. The highest BCUT2D eigenvalue weighted by atomic mass is 79.9. The number of hydrogen-bond acceptors (Lipinski definition) is 1. The average molecular weight is 337 g/mol. The summed E-state index contributed by atoms with van der Waals surface area (Å²) in [6, 6.07) is 15.2. The lowest BCUT2D eigenvalue weighted by atomic mass is 10.0. The molecule has 0 heterocycles. The molecule has 2 aromatic rings. The molecular weight excluding hydrogens is 322 g/mol. The van der Waals surface area contributed by atoms with Crippen molar-refractivity contribution in [3.05, 3.63) is 57.5 Å². The van der Waals surface area contributed by atoms with Gasteiger partial charge in [-0.05, 0) is 36.1 Å². The van der Waals surface area contributed by atoms with Crippen LogP contribution in [0.5, 0.6) is 0 Å². The van der Waals surface area contributed by atoms with Crippen molar-refractivity contribution >= 4 is 27.5 Å². The fraction of sp³-hybridized carbons (Fsp3) is 0.250.